The number of piperidine rings is 1. The molecule has 1 fully saturated rings. The van der Waals surface area contributed by atoms with Crippen LogP contribution in [-0.4, -0.2) is 24.0 Å². The SMILES string of the molecule is CN1CC(C#N)CCC1(C)C. The van der Waals surface area contributed by atoms with E-state index in [9.17, 15) is 0 Å². The zero-order valence-electron chi connectivity index (χ0n) is 7.59. The van der Waals surface area contributed by atoms with E-state index in [1.54, 1.807) is 0 Å². The van der Waals surface area contributed by atoms with Crippen molar-refractivity contribution in [3.05, 3.63) is 0 Å². The molecule has 0 aromatic carbocycles. The maximum atomic E-state index is 8.70. The topological polar surface area (TPSA) is 27.0 Å². The summed E-state index contributed by atoms with van der Waals surface area (Å²) in [6, 6.07) is 2.33. The normalized spacial score (nSPS) is 31.3. The number of rotatable bonds is 0. The molecule has 0 spiro atoms. The standard InChI is InChI=1S/C9H16N2/c1-9(2)5-4-8(6-10)7-11(9)3/h8H,4-5,7H2,1-3H3. The molecule has 11 heavy (non-hydrogen) atoms. The van der Waals surface area contributed by atoms with Gasteiger partial charge in [0.05, 0.1) is 12.0 Å². The average Bonchev–Trinajstić information content (AvgIpc) is 1.95. The summed E-state index contributed by atoms with van der Waals surface area (Å²) in [6.45, 7) is 5.41. The Kier molecular flexibility index (Phi) is 2.20. The van der Waals surface area contributed by atoms with Crippen LogP contribution in [0.5, 0.6) is 0 Å². The molecule has 1 heterocycles. The van der Waals surface area contributed by atoms with E-state index in [2.05, 4.69) is 31.9 Å². The van der Waals surface area contributed by atoms with Crippen LogP contribution >= 0.6 is 0 Å². The highest BCUT2D eigenvalue weighted by atomic mass is 15.2. The third kappa shape index (κ3) is 1.72. The molecule has 1 unspecified atom stereocenters. The van der Waals surface area contributed by atoms with E-state index < -0.39 is 0 Å². The number of hydrogen-bond acceptors (Lipinski definition) is 2. The van der Waals surface area contributed by atoms with Gasteiger partial charge >= 0.3 is 0 Å². The van der Waals surface area contributed by atoms with E-state index in [4.69, 9.17) is 5.26 Å². The average molecular weight is 152 g/mol. The molecular weight excluding hydrogens is 136 g/mol. The quantitative estimate of drug-likeness (QED) is 0.527. The van der Waals surface area contributed by atoms with Crippen molar-refractivity contribution in [2.24, 2.45) is 5.92 Å². The molecule has 0 aliphatic carbocycles. The molecule has 0 N–H and O–H groups in total. The van der Waals surface area contributed by atoms with Crippen LogP contribution in [0.25, 0.3) is 0 Å². The summed E-state index contributed by atoms with van der Waals surface area (Å²) in [4.78, 5) is 2.28. The Bertz CT molecular complexity index is 178. The van der Waals surface area contributed by atoms with E-state index in [-0.39, 0.29) is 5.92 Å². The Morgan fingerprint density at radius 1 is 1.55 bits per heavy atom. The molecule has 0 bridgehead atoms. The molecule has 0 amide bonds. The molecule has 1 aliphatic heterocycles. The number of likely N-dealkylation sites (tertiary alicyclic amines) is 1. The first-order valence-electron chi connectivity index (χ1n) is 4.17. The predicted molar refractivity (Wildman–Crippen MR) is 45.0 cm³/mol. The van der Waals surface area contributed by atoms with Crippen molar-refractivity contribution in [2.45, 2.75) is 32.2 Å². The van der Waals surface area contributed by atoms with Crippen molar-refractivity contribution in [1.82, 2.24) is 4.90 Å². The van der Waals surface area contributed by atoms with Crippen molar-refractivity contribution in [2.75, 3.05) is 13.6 Å². The zero-order valence-corrected chi connectivity index (χ0v) is 7.59. The van der Waals surface area contributed by atoms with Gasteiger partial charge in [-0.05, 0) is 33.7 Å². The summed E-state index contributed by atoms with van der Waals surface area (Å²) >= 11 is 0. The smallest absolute Gasteiger partial charge is 0.0669 e. The van der Waals surface area contributed by atoms with Gasteiger partial charge in [-0.3, -0.25) is 4.90 Å². The third-order valence-corrected chi connectivity index (χ3v) is 2.81. The molecule has 0 saturated carbocycles. The number of nitriles is 1. The van der Waals surface area contributed by atoms with Crippen LogP contribution in [0.4, 0.5) is 0 Å². The molecule has 1 rings (SSSR count). The van der Waals surface area contributed by atoms with Gasteiger partial charge < -0.3 is 0 Å². The fourth-order valence-electron chi connectivity index (χ4n) is 1.49. The molecule has 62 valence electrons. The summed E-state index contributed by atoms with van der Waals surface area (Å²) in [6.07, 6.45) is 2.20. The summed E-state index contributed by atoms with van der Waals surface area (Å²) in [5, 5.41) is 8.70. The van der Waals surface area contributed by atoms with Crippen molar-refractivity contribution in [3.63, 3.8) is 0 Å². The van der Waals surface area contributed by atoms with Gasteiger partial charge in [0, 0.05) is 12.1 Å². The summed E-state index contributed by atoms with van der Waals surface area (Å²) < 4.78 is 0. The zero-order chi connectivity index (χ0) is 8.48. The van der Waals surface area contributed by atoms with E-state index in [0.29, 0.717) is 5.54 Å². The van der Waals surface area contributed by atoms with Gasteiger partial charge in [0.25, 0.3) is 0 Å². The molecule has 1 aliphatic rings. The minimum Gasteiger partial charge on any atom is -0.300 e. The van der Waals surface area contributed by atoms with Crippen LogP contribution < -0.4 is 0 Å². The second-order valence-corrected chi connectivity index (χ2v) is 4.06. The van der Waals surface area contributed by atoms with Gasteiger partial charge in [-0.2, -0.15) is 5.26 Å². The molecular formula is C9H16N2. The van der Waals surface area contributed by atoms with E-state index in [1.807, 2.05) is 0 Å². The minimum atomic E-state index is 0.257. The maximum absolute atomic E-state index is 8.70. The van der Waals surface area contributed by atoms with E-state index >= 15 is 0 Å². The van der Waals surface area contributed by atoms with Crippen LogP contribution in [0.3, 0.4) is 0 Å². The lowest BCUT2D eigenvalue weighted by Crippen LogP contribution is -2.47. The van der Waals surface area contributed by atoms with Crippen LogP contribution in [-0.2, 0) is 0 Å². The van der Waals surface area contributed by atoms with Crippen LogP contribution in [0.1, 0.15) is 26.7 Å². The molecule has 0 aromatic rings. The van der Waals surface area contributed by atoms with Crippen molar-refractivity contribution < 1.29 is 0 Å². The van der Waals surface area contributed by atoms with Crippen LogP contribution in [0.15, 0.2) is 0 Å². The molecule has 0 aromatic heterocycles. The highest BCUT2D eigenvalue weighted by Crippen LogP contribution is 2.28. The highest BCUT2D eigenvalue weighted by Gasteiger charge is 2.31. The lowest BCUT2D eigenvalue weighted by Gasteiger charge is -2.41. The van der Waals surface area contributed by atoms with Crippen LogP contribution in [0.2, 0.25) is 0 Å². The Labute approximate surface area is 68.8 Å². The maximum Gasteiger partial charge on any atom is 0.0669 e. The Hall–Kier alpha value is -0.550. The Morgan fingerprint density at radius 3 is 2.64 bits per heavy atom. The van der Waals surface area contributed by atoms with Gasteiger partial charge in [0.15, 0.2) is 0 Å². The van der Waals surface area contributed by atoms with Crippen molar-refractivity contribution in [3.8, 4) is 6.07 Å². The third-order valence-electron chi connectivity index (χ3n) is 2.81. The van der Waals surface area contributed by atoms with E-state index in [1.165, 1.54) is 0 Å². The van der Waals surface area contributed by atoms with Gasteiger partial charge in [-0.25, -0.2) is 0 Å². The summed E-state index contributed by atoms with van der Waals surface area (Å²) in [7, 11) is 2.10. The van der Waals surface area contributed by atoms with Gasteiger partial charge in [0.1, 0.15) is 0 Å². The molecule has 1 saturated heterocycles. The van der Waals surface area contributed by atoms with Gasteiger partial charge in [-0.15, -0.1) is 0 Å². The fraction of sp³-hybridized carbons (Fsp3) is 0.889. The minimum absolute atomic E-state index is 0.257. The van der Waals surface area contributed by atoms with Crippen LogP contribution in [0, 0.1) is 17.2 Å². The summed E-state index contributed by atoms with van der Waals surface area (Å²) in [5.74, 6) is 0.257. The first kappa shape index (κ1) is 8.55. The summed E-state index contributed by atoms with van der Waals surface area (Å²) in [5.41, 5.74) is 0.299. The van der Waals surface area contributed by atoms with Crippen molar-refractivity contribution >= 4 is 0 Å². The Balaban J connectivity index is 2.57. The highest BCUT2D eigenvalue weighted by molar-refractivity contribution is 4.94. The van der Waals surface area contributed by atoms with Gasteiger partial charge in [0.2, 0.25) is 0 Å². The molecule has 1 atom stereocenters. The lowest BCUT2D eigenvalue weighted by atomic mass is 9.86. The Morgan fingerprint density at radius 2 is 2.18 bits per heavy atom. The van der Waals surface area contributed by atoms with E-state index in [0.717, 1.165) is 19.4 Å². The molecule has 2 nitrogen and oxygen atoms in total. The van der Waals surface area contributed by atoms with Gasteiger partial charge in [-0.1, -0.05) is 0 Å². The largest absolute Gasteiger partial charge is 0.300 e. The van der Waals surface area contributed by atoms with Crippen molar-refractivity contribution in [1.29, 1.82) is 5.26 Å². The first-order chi connectivity index (χ1) is 5.06. The second-order valence-electron chi connectivity index (χ2n) is 4.06. The number of hydrogen-bond donors (Lipinski definition) is 0. The monoisotopic (exact) mass is 152 g/mol. The lowest BCUT2D eigenvalue weighted by molar-refractivity contribution is 0.0878. The second kappa shape index (κ2) is 2.83. The first-order valence-corrected chi connectivity index (χ1v) is 4.17. The molecule has 0 radical (unpaired) electrons. The molecule has 2 heteroatoms. The number of nitrogens with zero attached hydrogens (tertiary/aromatic N) is 2. The fourth-order valence-corrected chi connectivity index (χ4v) is 1.49. The predicted octanol–water partition coefficient (Wildman–Crippen LogP) is 1.63.